The van der Waals surface area contributed by atoms with E-state index in [-0.39, 0.29) is 30.1 Å². The maximum atomic E-state index is 14.3. The fourth-order valence-electron chi connectivity index (χ4n) is 7.05. The number of anilines is 1. The molecule has 1 heterocycles. The third kappa shape index (κ3) is 3.49. The highest BCUT2D eigenvalue weighted by molar-refractivity contribution is 6.25. The Morgan fingerprint density at radius 3 is 2.00 bits per heavy atom. The maximum Gasteiger partial charge on any atom is 0.240 e. The van der Waals surface area contributed by atoms with Crippen molar-refractivity contribution in [3.63, 3.8) is 0 Å². The number of hydrazone groups is 1. The molecule has 196 valence electrons. The monoisotopic (exact) mass is 525 g/mol. The molecule has 1 aliphatic heterocycles. The molecular formula is C34H27N3O3. The number of rotatable bonds is 6. The van der Waals surface area contributed by atoms with E-state index in [1.54, 1.807) is 18.3 Å². The lowest BCUT2D eigenvalue weighted by Crippen LogP contribution is -2.54. The molecule has 0 saturated carbocycles. The zero-order chi connectivity index (χ0) is 27.3. The van der Waals surface area contributed by atoms with E-state index in [1.807, 2.05) is 84.9 Å². The van der Waals surface area contributed by atoms with Gasteiger partial charge < -0.3 is 0 Å². The molecular weight excluding hydrogens is 498 g/mol. The summed E-state index contributed by atoms with van der Waals surface area (Å²) in [5.41, 5.74) is 7.32. The number of benzene rings is 4. The van der Waals surface area contributed by atoms with Crippen molar-refractivity contribution in [3.05, 3.63) is 137 Å². The van der Waals surface area contributed by atoms with Crippen molar-refractivity contribution < 1.29 is 14.4 Å². The van der Waals surface area contributed by atoms with Crippen LogP contribution < -0.4 is 10.3 Å². The molecule has 1 fully saturated rings. The minimum absolute atomic E-state index is 0.195. The van der Waals surface area contributed by atoms with Gasteiger partial charge in [-0.2, -0.15) is 5.10 Å². The lowest BCUT2D eigenvalue weighted by Gasteiger charge is -2.52. The van der Waals surface area contributed by atoms with E-state index < -0.39 is 17.3 Å². The van der Waals surface area contributed by atoms with E-state index in [2.05, 4.69) is 22.7 Å². The van der Waals surface area contributed by atoms with E-state index in [0.29, 0.717) is 12.1 Å². The largest absolute Gasteiger partial charge is 0.274 e. The van der Waals surface area contributed by atoms with E-state index in [0.717, 1.165) is 27.8 Å². The number of aryl methyl sites for hydroxylation is 1. The van der Waals surface area contributed by atoms with Crippen molar-refractivity contribution in [2.24, 2.45) is 16.9 Å². The first-order valence-electron chi connectivity index (χ1n) is 13.6. The lowest BCUT2D eigenvalue weighted by atomic mass is 9.47. The molecule has 0 spiro atoms. The Kier molecular flexibility index (Phi) is 5.70. The van der Waals surface area contributed by atoms with Gasteiger partial charge in [-0.05, 0) is 46.4 Å². The third-order valence-corrected chi connectivity index (χ3v) is 8.64. The second-order valence-corrected chi connectivity index (χ2v) is 10.7. The van der Waals surface area contributed by atoms with Gasteiger partial charge in [0.15, 0.2) is 0 Å². The molecule has 2 bridgehead atoms. The van der Waals surface area contributed by atoms with E-state index in [9.17, 15) is 14.4 Å². The average Bonchev–Trinajstić information content (AvgIpc) is 3.28. The number of hydrogen-bond donors (Lipinski definition) is 1. The van der Waals surface area contributed by atoms with Gasteiger partial charge in [0.2, 0.25) is 17.7 Å². The van der Waals surface area contributed by atoms with E-state index in [1.165, 1.54) is 4.90 Å². The first-order valence-corrected chi connectivity index (χ1v) is 13.6. The Hall–Kier alpha value is -4.84. The third-order valence-electron chi connectivity index (χ3n) is 8.64. The van der Waals surface area contributed by atoms with Crippen molar-refractivity contribution in [3.8, 4) is 0 Å². The molecule has 1 N–H and O–H groups in total. The highest BCUT2D eigenvalue weighted by Crippen LogP contribution is 2.63. The Labute approximate surface area is 232 Å². The maximum absolute atomic E-state index is 14.3. The van der Waals surface area contributed by atoms with Gasteiger partial charge in [0.1, 0.15) is 0 Å². The predicted molar refractivity (Wildman–Crippen MR) is 153 cm³/mol. The van der Waals surface area contributed by atoms with Crippen LogP contribution in [-0.4, -0.2) is 23.9 Å². The van der Waals surface area contributed by atoms with Crippen LogP contribution in [0.25, 0.3) is 0 Å². The summed E-state index contributed by atoms with van der Waals surface area (Å²) in [4.78, 5) is 42.5. The molecule has 3 aliphatic carbocycles. The van der Waals surface area contributed by atoms with Gasteiger partial charge in [-0.1, -0.05) is 97.1 Å². The van der Waals surface area contributed by atoms with Crippen molar-refractivity contribution in [1.82, 2.24) is 5.43 Å². The zero-order valence-electron chi connectivity index (χ0n) is 21.7. The second kappa shape index (κ2) is 9.42. The molecule has 0 radical (unpaired) electrons. The topological polar surface area (TPSA) is 78.8 Å². The molecule has 40 heavy (non-hydrogen) atoms. The van der Waals surface area contributed by atoms with Crippen molar-refractivity contribution >= 4 is 29.6 Å². The summed E-state index contributed by atoms with van der Waals surface area (Å²) in [6, 6.07) is 35.0. The van der Waals surface area contributed by atoms with Crippen LogP contribution in [0.4, 0.5) is 5.69 Å². The lowest BCUT2D eigenvalue weighted by molar-refractivity contribution is -0.123. The van der Waals surface area contributed by atoms with Gasteiger partial charge in [-0.25, -0.2) is 10.3 Å². The summed E-state index contributed by atoms with van der Waals surface area (Å²) in [6.07, 6.45) is 2.59. The fraction of sp³-hybridized carbons (Fsp3) is 0.176. The molecule has 6 heteroatoms. The van der Waals surface area contributed by atoms with Crippen LogP contribution in [0.1, 0.15) is 40.2 Å². The average molecular weight is 526 g/mol. The number of carbonyl (C=O) groups excluding carboxylic acids is 3. The molecule has 4 aromatic rings. The number of imide groups is 1. The molecule has 0 unspecified atom stereocenters. The quantitative estimate of drug-likeness (QED) is 0.219. The smallest absolute Gasteiger partial charge is 0.240 e. The molecule has 2 atom stereocenters. The SMILES string of the molecule is O=C(CCc1ccccc1)N/N=C\C12c3ccccc3C(c3ccccc31)[C@H]1C(=O)N(c3ccccc3)C(=O)[C@H]12. The number of hydrogen-bond acceptors (Lipinski definition) is 4. The van der Waals surface area contributed by atoms with E-state index >= 15 is 0 Å². The summed E-state index contributed by atoms with van der Waals surface area (Å²) < 4.78 is 0. The van der Waals surface area contributed by atoms with Crippen LogP contribution in [0.5, 0.6) is 0 Å². The normalized spacial score (nSPS) is 24.1. The van der Waals surface area contributed by atoms with Crippen LogP contribution in [-0.2, 0) is 26.2 Å². The van der Waals surface area contributed by atoms with E-state index in [4.69, 9.17) is 0 Å². The zero-order valence-corrected chi connectivity index (χ0v) is 21.7. The highest BCUT2D eigenvalue weighted by Gasteiger charge is 2.68. The van der Waals surface area contributed by atoms with Crippen LogP contribution in [0.3, 0.4) is 0 Å². The molecule has 6 nitrogen and oxygen atoms in total. The molecule has 0 aromatic heterocycles. The van der Waals surface area contributed by atoms with Crippen molar-refractivity contribution in [1.29, 1.82) is 0 Å². The van der Waals surface area contributed by atoms with Gasteiger partial charge in [0.05, 0.1) is 22.9 Å². The molecule has 8 rings (SSSR count). The van der Waals surface area contributed by atoms with Gasteiger partial charge >= 0.3 is 0 Å². The first kappa shape index (κ1) is 24.2. The highest BCUT2D eigenvalue weighted by atomic mass is 16.2. The molecule has 4 aliphatic rings. The number of carbonyl (C=O) groups is 3. The molecule has 1 saturated heterocycles. The standard InChI is InChI=1S/C34H27N3O3/c38-28(20-19-22-11-3-1-4-12-22)36-35-21-34-26-17-9-7-15-24(26)29(25-16-8-10-18-27(25)34)30-31(34)33(40)37(32(30)39)23-13-5-2-6-14-23/h1-18,21,29-31H,19-20H2,(H,36,38)/b35-21-/t29?,30-,31+,34?/m1/s1. The molecule has 4 aromatic carbocycles. The Morgan fingerprint density at radius 2 is 1.35 bits per heavy atom. The summed E-state index contributed by atoms with van der Waals surface area (Å²) in [6.45, 7) is 0. The summed E-state index contributed by atoms with van der Waals surface area (Å²) in [7, 11) is 0. The Bertz CT molecular complexity index is 1620. The number of nitrogens with one attached hydrogen (secondary N) is 1. The van der Waals surface area contributed by atoms with Crippen LogP contribution in [0, 0.1) is 11.8 Å². The second-order valence-electron chi connectivity index (χ2n) is 10.7. The minimum atomic E-state index is -1.00. The van der Waals surface area contributed by atoms with Crippen molar-refractivity contribution in [2.45, 2.75) is 24.2 Å². The Morgan fingerprint density at radius 1 is 0.775 bits per heavy atom. The summed E-state index contributed by atoms with van der Waals surface area (Å²) in [5.74, 6) is -2.13. The minimum Gasteiger partial charge on any atom is -0.274 e. The van der Waals surface area contributed by atoms with Gasteiger partial charge in [-0.3, -0.25) is 14.4 Å². The summed E-state index contributed by atoms with van der Waals surface area (Å²) in [5, 5.41) is 4.48. The number of amides is 3. The van der Waals surface area contributed by atoms with Crippen LogP contribution >= 0.6 is 0 Å². The van der Waals surface area contributed by atoms with Gasteiger partial charge in [0, 0.05) is 18.6 Å². The predicted octanol–water partition coefficient (Wildman–Crippen LogP) is 4.97. The van der Waals surface area contributed by atoms with Crippen LogP contribution in [0.2, 0.25) is 0 Å². The van der Waals surface area contributed by atoms with Crippen molar-refractivity contribution in [2.75, 3.05) is 4.90 Å². The fourth-order valence-corrected chi connectivity index (χ4v) is 7.05. The Balaban J connectivity index is 1.32. The number of nitrogens with zero attached hydrogens (tertiary/aromatic N) is 2. The molecule has 3 amide bonds. The van der Waals surface area contributed by atoms with Crippen LogP contribution in [0.15, 0.2) is 114 Å². The van der Waals surface area contributed by atoms with Gasteiger partial charge in [0.25, 0.3) is 0 Å². The first-order chi connectivity index (χ1) is 19.6. The van der Waals surface area contributed by atoms with Gasteiger partial charge in [-0.15, -0.1) is 0 Å². The number of para-hydroxylation sites is 1. The summed E-state index contributed by atoms with van der Waals surface area (Å²) >= 11 is 0.